The molecule has 0 unspecified atom stereocenters. The second kappa shape index (κ2) is 8.53. The molecule has 2 aromatic rings. The molecule has 1 amide bonds. The van der Waals surface area contributed by atoms with Gasteiger partial charge in [-0.2, -0.15) is 0 Å². The fraction of sp³-hybridized carbons (Fsp3) is 0.350. The van der Waals surface area contributed by atoms with Crippen molar-refractivity contribution in [3.63, 3.8) is 0 Å². The molecule has 0 fully saturated rings. The van der Waals surface area contributed by atoms with Gasteiger partial charge < -0.3 is 20.4 Å². The Morgan fingerprint density at radius 3 is 2.56 bits per heavy atom. The SMILES string of the molecule is CCOC(=O)c1c(C)[nH]c(C(=O)[C@H](C)Nc2cccc(C(=O)NC)c2)c1C. The van der Waals surface area contributed by atoms with E-state index >= 15 is 0 Å². The summed E-state index contributed by atoms with van der Waals surface area (Å²) >= 11 is 0. The van der Waals surface area contributed by atoms with Gasteiger partial charge in [-0.15, -0.1) is 0 Å². The quantitative estimate of drug-likeness (QED) is 0.513. The summed E-state index contributed by atoms with van der Waals surface area (Å²) in [5, 5.41) is 5.67. The van der Waals surface area contributed by atoms with Crippen molar-refractivity contribution in [1.29, 1.82) is 0 Å². The van der Waals surface area contributed by atoms with Crippen molar-refractivity contribution in [2.45, 2.75) is 33.7 Å². The van der Waals surface area contributed by atoms with Gasteiger partial charge >= 0.3 is 5.97 Å². The number of carbonyl (C=O) groups excluding carboxylic acids is 3. The zero-order valence-electron chi connectivity index (χ0n) is 16.2. The van der Waals surface area contributed by atoms with Crippen molar-refractivity contribution in [3.8, 4) is 0 Å². The maximum Gasteiger partial charge on any atom is 0.340 e. The highest BCUT2D eigenvalue weighted by Gasteiger charge is 2.25. The zero-order chi connectivity index (χ0) is 20.1. The fourth-order valence-corrected chi connectivity index (χ4v) is 2.93. The highest BCUT2D eigenvalue weighted by atomic mass is 16.5. The van der Waals surface area contributed by atoms with Gasteiger partial charge in [-0.1, -0.05) is 6.07 Å². The number of ketones is 1. The van der Waals surface area contributed by atoms with Crippen molar-refractivity contribution in [1.82, 2.24) is 10.3 Å². The van der Waals surface area contributed by atoms with Crippen molar-refractivity contribution in [3.05, 3.63) is 52.3 Å². The van der Waals surface area contributed by atoms with E-state index in [2.05, 4.69) is 15.6 Å². The monoisotopic (exact) mass is 371 g/mol. The Balaban J connectivity index is 2.22. The molecule has 1 aromatic carbocycles. The first kappa shape index (κ1) is 20.2. The number of esters is 1. The first-order chi connectivity index (χ1) is 12.8. The Hall–Kier alpha value is -3.09. The summed E-state index contributed by atoms with van der Waals surface area (Å²) in [7, 11) is 1.56. The summed E-state index contributed by atoms with van der Waals surface area (Å²) in [6.07, 6.45) is 0. The van der Waals surface area contributed by atoms with Crippen LogP contribution in [0.25, 0.3) is 0 Å². The van der Waals surface area contributed by atoms with Crippen LogP contribution in [-0.2, 0) is 4.74 Å². The lowest BCUT2D eigenvalue weighted by Gasteiger charge is -2.15. The molecule has 0 radical (unpaired) electrons. The lowest BCUT2D eigenvalue weighted by Crippen LogP contribution is -2.27. The summed E-state index contributed by atoms with van der Waals surface area (Å²) in [6.45, 7) is 7.20. The van der Waals surface area contributed by atoms with Gasteiger partial charge in [0.25, 0.3) is 5.91 Å². The van der Waals surface area contributed by atoms with E-state index in [9.17, 15) is 14.4 Å². The Bertz CT molecular complexity index is 870. The van der Waals surface area contributed by atoms with Crippen molar-refractivity contribution >= 4 is 23.3 Å². The van der Waals surface area contributed by atoms with Crippen LogP contribution in [0.2, 0.25) is 0 Å². The summed E-state index contributed by atoms with van der Waals surface area (Å²) in [5.74, 6) is -0.828. The Morgan fingerprint density at radius 2 is 1.93 bits per heavy atom. The van der Waals surface area contributed by atoms with Gasteiger partial charge in [0, 0.05) is 24.0 Å². The van der Waals surface area contributed by atoms with Gasteiger partial charge in [0.15, 0.2) is 0 Å². The minimum Gasteiger partial charge on any atom is -0.462 e. The number of amides is 1. The number of aromatic nitrogens is 1. The van der Waals surface area contributed by atoms with Crippen LogP contribution in [0.5, 0.6) is 0 Å². The molecule has 0 saturated carbocycles. The van der Waals surface area contributed by atoms with Crippen LogP contribution in [0.3, 0.4) is 0 Å². The normalized spacial score (nSPS) is 11.6. The number of carbonyl (C=O) groups is 3. The number of hydrogen-bond acceptors (Lipinski definition) is 5. The molecule has 2 rings (SSSR count). The lowest BCUT2D eigenvalue weighted by atomic mass is 10.0. The highest BCUT2D eigenvalue weighted by molar-refractivity contribution is 6.05. The number of Topliss-reactive ketones (excluding diaryl/α,β-unsaturated/α-hetero) is 1. The average molecular weight is 371 g/mol. The van der Waals surface area contributed by atoms with Gasteiger partial charge in [-0.25, -0.2) is 4.79 Å². The topological polar surface area (TPSA) is 100 Å². The van der Waals surface area contributed by atoms with Gasteiger partial charge in [0.1, 0.15) is 0 Å². The standard InChI is InChI=1S/C20H25N3O4/c1-6-27-20(26)16-11(2)17(23-12(16)3)18(24)13(4)22-15-9-7-8-14(10-15)19(25)21-5/h7-10,13,22-23H,6H2,1-5H3,(H,21,25)/t13-/m0/s1. The summed E-state index contributed by atoms with van der Waals surface area (Å²) < 4.78 is 5.06. The molecular weight excluding hydrogens is 346 g/mol. The molecule has 7 nitrogen and oxygen atoms in total. The molecule has 0 aliphatic carbocycles. The molecule has 1 aromatic heterocycles. The third-order valence-electron chi connectivity index (χ3n) is 4.29. The second-order valence-electron chi connectivity index (χ2n) is 6.24. The van der Waals surface area contributed by atoms with E-state index < -0.39 is 12.0 Å². The minimum absolute atomic E-state index is 0.184. The number of H-pyrrole nitrogens is 1. The van der Waals surface area contributed by atoms with Gasteiger partial charge in [-0.05, 0) is 51.5 Å². The summed E-state index contributed by atoms with van der Waals surface area (Å²) in [6, 6.07) is 6.34. The molecule has 144 valence electrons. The third-order valence-corrected chi connectivity index (χ3v) is 4.29. The summed E-state index contributed by atoms with van der Waals surface area (Å²) in [4.78, 5) is 39.7. The van der Waals surface area contributed by atoms with Crippen LogP contribution in [0, 0.1) is 13.8 Å². The van der Waals surface area contributed by atoms with E-state index in [4.69, 9.17) is 4.74 Å². The predicted molar refractivity (Wildman–Crippen MR) is 103 cm³/mol. The van der Waals surface area contributed by atoms with Crippen LogP contribution >= 0.6 is 0 Å². The van der Waals surface area contributed by atoms with E-state index in [-0.39, 0.29) is 18.3 Å². The number of benzene rings is 1. The molecule has 0 saturated heterocycles. The molecule has 3 N–H and O–H groups in total. The molecular formula is C20H25N3O4. The van der Waals surface area contributed by atoms with Gasteiger partial charge in [0.05, 0.1) is 23.9 Å². The number of ether oxygens (including phenoxy) is 1. The Morgan fingerprint density at radius 1 is 1.22 bits per heavy atom. The first-order valence-corrected chi connectivity index (χ1v) is 8.79. The van der Waals surface area contributed by atoms with E-state index in [1.165, 1.54) is 0 Å². The Kier molecular flexibility index (Phi) is 6.39. The van der Waals surface area contributed by atoms with Crippen LogP contribution in [0.4, 0.5) is 5.69 Å². The van der Waals surface area contributed by atoms with Crippen LogP contribution in [-0.4, -0.2) is 42.3 Å². The maximum atomic E-state index is 12.9. The zero-order valence-corrected chi connectivity index (χ0v) is 16.2. The number of nitrogens with one attached hydrogen (secondary N) is 3. The molecule has 0 spiro atoms. The first-order valence-electron chi connectivity index (χ1n) is 8.79. The number of anilines is 1. The average Bonchev–Trinajstić information content (AvgIpc) is 2.95. The number of rotatable bonds is 7. The van der Waals surface area contributed by atoms with E-state index in [0.29, 0.717) is 33.8 Å². The molecule has 1 heterocycles. The van der Waals surface area contributed by atoms with Crippen LogP contribution in [0.15, 0.2) is 24.3 Å². The predicted octanol–water partition coefficient (Wildman–Crippen LogP) is 2.85. The highest BCUT2D eigenvalue weighted by Crippen LogP contribution is 2.21. The molecule has 0 aliphatic rings. The molecule has 0 aliphatic heterocycles. The molecule has 1 atom stereocenters. The molecule has 7 heteroatoms. The molecule has 27 heavy (non-hydrogen) atoms. The number of aryl methyl sites for hydroxylation is 1. The van der Waals surface area contributed by atoms with Gasteiger partial charge in [0.2, 0.25) is 5.78 Å². The van der Waals surface area contributed by atoms with Crippen LogP contribution in [0.1, 0.15) is 56.3 Å². The number of hydrogen-bond donors (Lipinski definition) is 3. The van der Waals surface area contributed by atoms with Crippen LogP contribution < -0.4 is 10.6 Å². The smallest absolute Gasteiger partial charge is 0.340 e. The third kappa shape index (κ3) is 4.36. The summed E-state index contributed by atoms with van der Waals surface area (Å²) in [5.41, 5.74) is 3.10. The lowest BCUT2D eigenvalue weighted by molar-refractivity contribution is 0.0524. The van der Waals surface area contributed by atoms with Crippen molar-refractivity contribution < 1.29 is 19.1 Å². The largest absolute Gasteiger partial charge is 0.462 e. The van der Waals surface area contributed by atoms with E-state index in [1.807, 2.05) is 0 Å². The Labute approximate surface area is 158 Å². The van der Waals surface area contributed by atoms with Gasteiger partial charge in [-0.3, -0.25) is 9.59 Å². The number of aromatic amines is 1. The van der Waals surface area contributed by atoms with Crippen molar-refractivity contribution in [2.24, 2.45) is 0 Å². The molecule has 0 bridgehead atoms. The van der Waals surface area contributed by atoms with E-state index in [1.54, 1.807) is 59.0 Å². The van der Waals surface area contributed by atoms with Crippen molar-refractivity contribution in [2.75, 3.05) is 19.0 Å². The second-order valence-corrected chi connectivity index (χ2v) is 6.24. The minimum atomic E-state index is -0.559. The maximum absolute atomic E-state index is 12.9. The fourth-order valence-electron chi connectivity index (χ4n) is 2.93. The van der Waals surface area contributed by atoms with E-state index in [0.717, 1.165) is 0 Å².